The van der Waals surface area contributed by atoms with Crippen LogP contribution in [0.25, 0.3) is 32.8 Å². The molecule has 0 aliphatic carbocycles. The molecule has 5 rings (SSSR count). The zero-order valence-electron chi connectivity index (χ0n) is 19.3. The lowest BCUT2D eigenvalue weighted by atomic mass is 9.98. The van der Waals surface area contributed by atoms with Crippen LogP contribution in [0.3, 0.4) is 0 Å². The Morgan fingerprint density at radius 3 is 2.50 bits per heavy atom. The molecular formula is C28H27N5O. The summed E-state index contributed by atoms with van der Waals surface area (Å²) < 4.78 is 0. The first-order valence-corrected chi connectivity index (χ1v) is 11.3. The van der Waals surface area contributed by atoms with Gasteiger partial charge in [-0.05, 0) is 79.0 Å². The van der Waals surface area contributed by atoms with E-state index in [9.17, 15) is 4.79 Å². The monoisotopic (exact) mass is 449 g/mol. The van der Waals surface area contributed by atoms with Gasteiger partial charge in [0.1, 0.15) is 0 Å². The average molecular weight is 450 g/mol. The minimum atomic E-state index is -0.272. The van der Waals surface area contributed by atoms with Gasteiger partial charge in [0.2, 0.25) is 0 Å². The summed E-state index contributed by atoms with van der Waals surface area (Å²) in [4.78, 5) is 22.5. The molecule has 0 fully saturated rings. The maximum atomic E-state index is 12.9. The Morgan fingerprint density at radius 2 is 1.71 bits per heavy atom. The molecule has 2 heterocycles. The first-order valence-electron chi connectivity index (χ1n) is 11.3. The Kier molecular flexibility index (Phi) is 5.97. The molecule has 5 aromatic rings. The van der Waals surface area contributed by atoms with Crippen molar-refractivity contribution in [3.8, 4) is 11.1 Å². The summed E-state index contributed by atoms with van der Waals surface area (Å²) in [7, 11) is 4.14. The van der Waals surface area contributed by atoms with Gasteiger partial charge in [-0.2, -0.15) is 0 Å². The molecule has 34 heavy (non-hydrogen) atoms. The highest BCUT2D eigenvalue weighted by Crippen LogP contribution is 2.33. The lowest BCUT2D eigenvalue weighted by Crippen LogP contribution is -2.19. The van der Waals surface area contributed by atoms with E-state index in [1.54, 1.807) is 12.4 Å². The number of aromatic nitrogens is 2. The number of carbonyl (C=O) groups is 1. The van der Waals surface area contributed by atoms with Gasteiger partial charge in [0.15, 0.2) is 0 Å². The third kappa shape index (κ3) is 4.49. The number of carbonyl (C=O) groups excluding carboxylic acids is 1. The Balaban J connectivity index is 1.38. The van der Waals surface area contributed by atoms with Crippen LogP contribution in [-0.4, -0.2) is 41.5 Å². The lowest BCUT2D eigenvalue weighted by molar-refractivity contribution is 0.262. The second kappa shape index (κ2) is 9.37. The van der Waals surface area contributed by atoms with Crippen molar-refractivity contribution in [2.45, 2.75) is 6.42 Å². The predicted octanol–water partition coefficient (Wildman–Crippen LogP) is 6.13. The smallest absolute Gasteiger partial charge is 0.323 e. The van der Waals surface area contributed by atoms with E-state index in [4.69, 9.17) is 0 Å². The van der Waals surface area contributed by atoms with Crippen molar-refractivity contribution in [3.63, 3.8) is 0 Å². The number of anilines is 2. The van der Waals surface area contributed by atoms with Crippen molar-refractivity contribution < 1.29 is 4.79 Å². The van der Waals surface area contributed by atoms with Gasteiger partial charge in [-0.1, -0.05) is 30.3 Å². The first kappa shape index (κ1) is 21.7. The Labute approximate surface area is 198 Å². The van der Waals surface area contributed by atoms with Crippen molar-refractivity contribution >= 4 is 39.1 Å². The van der Waals surface area contributed by atoms with Crippen molar-refractivity contribution in [1.82, 2.24) is 14.9 Å². The van der Waals surface area contributed by atoms with Gasteiger partial charge in [0.25, 0.3) is 0 Å². The van der Waals surface area contributed by atoms with E-state index in [2.05, 4.69) is 51.9 Å². The second-order valence-electron chi connectivity index (χ2n) is 8.65. The molecule has 0 saturated carbocycles. The SMILES string of the molecule is CN(C)CCc1c[nH]c2ccc(NC(=O)Nc3ccc(-c4ccncc4)c4ccccc34)cc12. The quantitative estimate of drug-likeness (QED) is 0.292. The molecule has 2 amide bonds. The molecule has 0 unspecified atom stereocenters. The van der Waals surface area contributed by atoms with Crippen LogP contribution in [-0.2, 0) is 6.42 Å². The number of urea groups is 1. The van der Waals surface area contributed by atoms with Crippen LogP contribution in [0.4, 0.5) is 16.2 Å². The number of benzene rings is 3. The van der Waals surface area contributed by atoms with E-state index in [0.29, 0.717) is 0 Å². The summed E-state index contributed by atoms with van der Waals surface area (Å²) in [6.07, 6.45) is 6.57. The topological polar surface area (TPSA) is 73.1 Å². The van der Waals surface area contributed by atoms with Gasteiger partial charge in [-0.25, -0.2) is 4.79 Å². The Morgan fingerprint density at radius 1 is 0.912 bits per heavy atom. The van der Waals surface area contributed by atoms with E-state index in [0.717, 1.165) is 57.1 Å². The number of H-pyrrole nitrogens is 1. The van der Waals surface area contributed by atoms with Crippen LogP contribution in [0.1, 0.15) is 5.56 Å². The number of pyridine rings is 1. The largest absolute Gasteiger partial charge is 0.361 e. The molecule has 3 aromatic carbocycles. The zero-order valence-corrected chi connectivity index (χ0v) is 19.3. The van der Waals surface area contributed by atoms with Crippen molar-refractivity contribution in [1.29, 1.82) is 0 Å². The summed E-state index contributed by atoms with van der Waals surface area (Å²) in [5.74, 6) is 0. The fraction of sp³-hybridized carbons (Fsp3) is 0.143. The van der Waals surface area contributed by atoms with E-state index in [1.165, 1.54) is 5.56 Å². The van der Waals surface area contributed by atoms with E-state index >= 15 is 0 Å². The molecule has 170 valence electrons. The van der Waals surface area contributed by atoms with Crippen molar-refractivity contribution in [3.05, 3.63) is 90.9 Å². The van der Waals surface area contributed by atoms with E-state index in [-0.39, 0.29) is 6.03 Å². The lowest BCUT2D eigenvalue weighted by Gasteiger charge is -2.13. The number of rotatable bonds is 6. The summed E-state index contributed by atoms with van der Waals surface area (Å²) in [5, 5.41) is 9.22. The van der Waals surface area contributed by atoms with Crippen LogP contribution in [0.2, 0.25) is 0 Å². The Hall–Kier alpha value is -4.16. The van der Waals surface area contributed by atoms with Crippen LogP contribution in [0, 0.1) is 0 Å². The molecule has 0 radical (unpaired) electrons. The van der Waals surface area contributed by atoms with Gasteiger partial charge in [-0.3, -0.25) is 4.98 Å². The summed E-state index contributed by atoms with van der Waals surface area (Å²) in [5.41, 5.74) is 6.02. The molecule has 0 saturated heterocycles. The molecule has 6 heteroatoms. The van der Waals surface area contributed by atoms with Crippen molar-refractivity contribution in [2.24, 2.45) is 0 Å². The maximum absolute atomic E-state index is 12.9. The molecule has 0 aliphatic heterocycles. The number of hydrogen-bond donors (Lipinski definition) is 3. The molecule has 2 aromatic heterocycles. The van der Waals surface area contributed by atoms with Crippen molar-refractivity contribution in [2.75, 3.05) is 31.3 Å². The highest BCUT2D eigenvalue weighted by atomic mass is 16.2. The van der Waals surface area contributed by atoms with Gasteiger partial charge in [0, 0.05) is 47.1 Å². The third-order valence-corrected chi connectivity index (χ3v) is 6.02. The normalized spacial score (nSPS) is 11.3. The molecular weight excluding hydrogens is 422 g/mol. The summed E-state index contributed by atoms with van der Waals surface area (Å²) in [6.45, 7) is 0.966. The number of nitrogens with zero attached hydrogens (tertiary/aromatic N) is 2. The van der Waals surface area contributed by atoms with Crippen LogP contribution in [0.5, 0.6) is 0 Å². The third-order valence-electron chi connectivity index (χ3n) is 6.02. The van der Waals surface area contributed by atoms with Gasteiger partial charge >= 0.3 is 6.03 Å². The fourth-order valence-corrected chi connectivity index (χ4v) is 4.28. The standard InChI is InChI=1S/C28H27N5O/c1-33(2)16-13-20-18-30-26-9-7-21(17-25(20)26)31-28(34)32-27-10-8-22(19-11-14-29-15-12-19)23-5-3-4-6-24(23)27/h3-12,14-15,17-18,30H,13,16H2,1-2H3,(H2,31,32,34). The summed E-state index contributed by atoms with van der Waals surface area (Å²) in [6, 6.07) is 21.7. The number of amides is 2. The van der Waals surface area contributed by atoms with Gasteiger partial charge in [0.05, 0.1) is 5.69 Å². The van der Waals surface area contributed by atoms with Crippen LogP contribution >= 0.6 is 0 Å². The predicted molar refractivity (Wildman–Crippen MR) is 140 cm³/mol. The highest BCUT2D eigenvalue weighted by molar-refractivity contribution is 6.10. The highest BCUT2D eigenvalue weighted by Gasteiger charge is 2.11. The molecule has 0 atom stereocenters. The number of nitrogens with one attached hydrogen (secondary N) is 3. The van der Waals surface area contributed by atoms with Gasteiger partial charge in [-0.15, -0.1) is 0 Å². The fourth-order valence-electron chi connectivity index (χ4n) is 4.28. The summed E-state index contributed by atoms with van der Waals surface area (Å²) >= 11 is 0. The number of aromatic amines is 1. The first-order chi connectivity index (χ1) is 16.6. The minimum absolute atomic E-state index is 0.272. The molecule has 0 bridgehead atoms. The molecule has 3 N–H and O–H groups in total. The van der Waals surface area contributed by atoms with E-state index in [1.807, 2.05) is 60.7 Å². The average Bonchev–Trinajstić information content (AvgIpc) is 3.25. The molecule has 0 spiro atoms. The maximum Gasteiger partial charge on any atom is 0.323 e. The number of fused-ring (bicyclic) bond motifs is 2. The van der Waals surface area contributed by atoms with Crippen LogP contribution < -0.4 is 10.6 Å². The number of likely N-dealkylation sites (N-methyl/N-ethyl adjacent to an activating group) is 1. The number of hydrogen-bond acceptors (Lipinski definition) is 3. The van der Waals surface area contributed by atoms with E-state index < -0.39 is 0 Å². The molecule has 0 aliphatic rings. The minimum Gasteiger partial charge on any atom is -0.361 e. The van der Waals surface area contributed by atoms with Crippen LogP contribution in [0.15, 0.2) is 85.3 Å². The Bertz CT molecular complexity index is 1460. The zero-order chi connectivity index (χ0) is 23.5. The van der Waals surface area contributed by atoms with Gasteiger partial charge < -0.3 is 20.5 Å². The molecule has 6 nitrogen and oxygen atoms in total. The second-order valence-corrected chi connectivity index (χ2v) is 8.65.